The highest BCUT2D eigenvalue weighted by molar-refractivity contribution is 7.10. The zero-order valence-electron chi connectivity index (χ0n) is 14.5. The summed E-state index contributed by atoms with van der Waals surface area (Å²) in [5.74, 6) is -0.00479. The van der Waals surface area contributed by atoms with Gasteiger partial charge in [0.1, 0.15) is 6.04 Å². The minimum absolute atomic E-state index is 0.00479. The fraction of sp³-hybridized carbons (Fsp3) is 0.400. The molecular formula is C20H23N3OS. The molecule has 2 aromatic rings. The number of hydrogen-bond donors (Lipinski definition) is 1. The molecule has 0 aliphatic carbocycles. The quantitative estimate of drug-likeness (QED) is 0.807. The fourth-order valence-electron chi connectivity index (χ4n) is 3.32. The van der Waals surface area contributed by atoms with Gasteiger partial charge in [-0.05, 0) is 41.5 Å². The molecule has 1 amide bonds. The predicted molar refractivity (Wildman–Crippen MR) is 100 cm³/mol. The number of amides is 1. The summed E-state index contributed by atoms with van der Waals surface area (Å²) in [7, 11) is 0. The molecule has 1 aromatic heterocycles. The number of nitrogens with zero attached hydrogens (tertiary/aromatic N) is 2. The number of unbranched alkanes of at least 4 members (excludes halogenated alkanes) is 1. The first-order valence-electron chi connectivity index (χ1n) is 8.80. The number of carbonyl (C=O) groups excluding carboxylic acids is 1. The van der Waals surface area contributed by atoms with Crippen molar-refractivity contribution in [1.29, 1.82) is 5.26 Å². The number of nitrogens with one attached hydrogen (secondary N) is 1. The summed E-state index contributed by atoms with van der Waals surface area (Å²) in [4.78, 5) is 16.6. The van der Waals surface area contributed by atoms with Crippen molar-refractivity contribution in [3.05, 3.63) is 57.3 Å². The summed E-state index contributed by atoms with van der Waals surface area (Å²) >= 11 is 1.79. The normalized spacial score (nSPS) is 15.2. The third-order valence-electron chi connectivity index (χ3n) is 4.66. The summed E-state index contributed by atoms with van der Waals surface area (Å²) < 4.78 is 0. The lowest BCUT2D eigenvalue weighted by atomic mass is 9.96. The molecule has 1 aromatic carbocycles. The van der Waals surface area contributed by atoms with Gasteiger partial charge in [0.05, 0.1) is 11.6 Å². The topological polar surface area (TPSA) is 56.1 Å². The molecule has 5 heteroatoms. The van der Waals surface area contributed by atoms with Crippen molar-refractivity contribution in [1.82, 2.24) is 10.2 Å². The molecule has 0 radical (unpaired) electrons. The molecule has 0 bridgehead atoms. The van der Waals surface area contributed by atoms with Crippen LogP contribution >= 0.6 is 11.3 Å². The van der Waals surface area contributed by atoms with Gasteiger partial charge in [-0.1, -0.05) is 31.5 Å². The molecule has 0 saturated heterocycles. The maximum absolute atomic E-state index is 13.0. The van der Waals surface area contributed by atoms with E-state index in [2.05, 4.69) is 34.7 Å². The van der Waals surface area contributed by atoms with E-state index in [0.29, 0.717) is 12.1 Å². The van der Waals surface area contributed by atoms with Crippen LogP contribution in [0.3, 0.4) is 0 Å². The Morgan fingerprint density at radius 1 is 1.40 bits per heavy atom. The molecule has 0 saturated carbocycles. The Bertz CT molecular complexity index is 777. The van der Waals surface area contributed by atoms with Gasteiger partial charge in [-0.3, -0.25) is 9.69 Å². The Morgan fingerprint density at radius 2 is 2.24 bits per heavy atom. The molecule has 1 atom stereocenters. The van der Waals surface area contributed by atoms with Crippen molar-refractivity contribution >= 4 is 17.2 Å². The Labute approximate surface area is 153 Å². The molecule has 1 unspecified atom stereocenters. The van der Waals surface area contributed by atoms with Crippen molar-refractivity contribution in [2.75, 3.05) is 13.1 Å². The van der Waals surface area contributed by atoms with E-state index < -0.39 is 6.04 Å². The molecule has 130 valence electrons. The lowest BCUT2D eigenvalue weighted by Gasteiger charge is -2.34. The SMILES string of the molecule is CCCCNC(=O)C(c1ccccc1C#N)N1CCc2sccc2C1. The largest absolute Gasteiger partial charge is 0.354 e. The van der Waals surface area contributed by atoms with Crippen molar-refractivity contribution in [2.45, 2.75) is 38.8 Å². The van der Waals surface area contributed by atoms with E-state index in [1.54, 1.807) is 17.4 Å². The first-order chi connectivity index (χ1) is 12.2. The summed E-state index contributed by atoms with van der Waals surface area (Å²) in [5, 5.41) is 14.7. The molecular weight excluding hydrogens is 330 g/mol. The van der Waals surface area contributed by atoms with Gasteiger partial charge in [0.25, 0.3) is 0 Å². The number of hydrogen-bond acceptors (Lipinski definition) is 4. The number of carbonyl (C=O) groups is 1. The standard InChI is InChI=1S/C20H23N3OS/c1-2-3-10-22-20(24)19(17-7-5-4-6-15(17)13-21)23-11-8-18-16(14-23)9-12-25-18/h4-7,9,12,19H,2-3,8,10-11,14H2,1H3,(H,22,24). The highest BCUT2D eigenvalue weighted by atomic mass is 32.1. The van der Waals surface area contributed by atoms with E-state index >= 15 is 0 Å². The number of benzene rings is 1. The monoisotopic (exact) mass is 353 g/mol. The average molecular weight is 353 g/mol. The van der Waals surface area contributed by atoms with E-state index in [1.165, 1.54) is 10.4 Å². The van der Waals surface area contributed by atoms with E-state index in [0.717, 1.165) is 37.9 Å². The molecule has 2 heterocycles. The van der Waals surface area contributed by atoms with Crippen LogP contribution in [0, 0.1) is 11.3 Å². The van der Waals surface area contributed by atoms with Crippen LogP contribution in [-0.4, -0.2) is 23.9 Å². The summed E-state index contributed by atoms with van der Waals surface area (Å²) in [6.07, 6.45) is 2.97. The first-order valence-corrected chi connectivity index (χ1v) is 9.68. The van der Waals surface area contributed by atoms with Crippen LogP contribution in [0.4, 0.5) is 0 Å². The van der Waals surface area contributed by atoms with Crippen LogP contribution in [0.25, 0.3) is 0 Å². The van der Waals surface area contributed by atoms with Crippen LogP contribution in [0.2, 0.25) is 0 Å². The van der Waals surface area contributed by atoms with Crippen molar-refractivity contribution in [2.24, 2.45) is 0 Å². The zero-order chi connectivity index (χ0) is 17.6. The second-order valence-corrected chi connectivity index (χ2v) is 7.34. The van der Waals surface area contributed by atoms with Gasteiger partial charge in [0.2, 0.25) is 5.91 Å². The smallest absolute Gasteiger partial charge is 0.242 e. The molecule has 3 rings (SSSR count). The van der Waals surface area contributed by atoms with Crippen LogP contribution < -0.4 is 5.32 Å². The number of thiophene rings is 1. The minimum Gasteiger partial charge on any atom is -0.354 e. The van der Waals surface area contributed by atoms with Gasteiger partial charge in [0.15, 0.2) is 0 Å². The average Bonchev–Trinajstić information content (AvgIpc) is 3.10. The Balaban J connectivity index is 1.89. The second kappa shape index (κ2) is 8.28. The van der Waals surface area contributed by atoms with Crippen LogP contribution in [0.15, 0.2) is 35.7 Å². The maximum atomic E-state index is 13.0. The molecule has 25 heavy (non-hydrogen) atoms. The first kappa shape index (κ1) is 17.7. The third kappa shape index (κ3) is 3.92. The number of fused-ring (bicyclic) bond motifs is 1. The Hall–Kier alpha value is -2.16. The van der Waals surface area contributed by atoms with E-state index in [4.69, 9.17) is 0 Å². The Morgan fingerprint density at radius 3 is 3.04 bits per heavy atom. The van der Waals surface area contributed by atoms with Gasteiger partial charge in [-0.25, -0.2) is 0 Å². The van der Waals surface area contributed by atoms with Crippen LogP contribution in [0.5, 0.6) is 0 Å². The molecule has 0 fully saturated rings. The molecule has 1 N–H and O–H groups in total. The highest BCUT2D eigenvalue weighted by Crippen LogP contribution is 2.31. The summed E-state index contributed by atoms with van der Waals surface area (Å²) in [5.41, 5.74) is 2.68. The van der Waals surface area contributed by atoms with Crippen molar-refractivity contribution in [3.8, 4) is 6.07 Å². The van der Waals surface area contributed by atoms with Crippen molar-refractivity contribution < 1.29 is 4.79 Å². The van der Waals surface area contributed by atoms with Gasteiger partial charge >= 0.3 is 0 Å². The summed E-state index contributed by atoms with van der Waals surface area (Å²) in [6, 6.07) is 11.4. The molecule has 4 nitrogen and oxygen atoms in total. The van der Waals surface area contributed by atoms with Gasteiger partial charge in [0, 0.05) is 24.5 Å². The van der Waals surface area contributed by atoms with E-state index in [1.807, 2.05) is 18.2 Å². The molecule has 1 aliphatic rings. The predicted octanol–water partition coefficient (Wildman–Crippen LogP) is 3.64. The number of nitriles is 1. The van der Waals surface area contributed by atoms with Gasteiger partial charge in [-0.15, -0.1) is 11.3 Å². The zero-order valence-corrected chi connectivity index (χ0v) is 15.3. The van der Waals surface area contributed by atoms with Gasteiger partial charge in [-0.2, -0.15) is 5.26 Å². The summed E-state index contributed by atoms with van der Waals surface area (Å²) in [6.45, 7) is 4.37. The van der Waals surface area contributed by atoms with Gasteiger partial charge < -0.3 is 5.32 Å². The number of rotatable bonds is 6. The molecule has 1 aliphatic heterocycles. The fourth-order valence-corrected chi connectivity index (χ4v) is 4.21. The molecule has 0 spiro atoms. The van der Waals surface area contributed by atoms with E-state index in [-0.39, 0.29) is 5.91 Å². The highest BCUT2D eigenvalue weighted by Gasteiger charge is 2.32. The lowest BCUT2D eigenvalue weighted by molar-refractivity contribution is -0.127. The lowest BCUT2D eigenvalue weighted by Crippen LogP contribution is -2.43. The second-order valence-electron chi connectivity index (χ2n) is 6.34. The minimum atomic E-state index is -0.416. The van der Waals surface area contributed by atoms with Crippen LogP contribution in [0.1, 0.15) is 47.4 Å². The third-order valence-corrected chi connectivity index (χ3v) is 5.68. The van der Waals surface area contributed by atoms with E-state index in [9.17, 15) is 10.1 Å². The maximum Gasteiger partial charge on any atom is 0.242 e. The Kier molecular flexibility index (Phi) is 5.85. The van der Waals surface area contributed by atoms with Crippen molar-refractivity contribution in [3.63, 3.8) is 0 Å². The van der Waals surface area contributed by atoms with Crippen LogP contribution in [-0.2, 0) is 17.8 Å².